The topological polar surface area (TPSA) is 49.6 Å². The summed E-state index contributed by atoms with van der Waals surface area (Å²) >= 11 is 0. The fraction of sp³-hybridized carbons (Fsp3) is 0.316. The van der Waals surface area contributed by atoms with Crippen molar-refractivity contribution < 1.29 is 5.11 Å². The number of benzene rings is 1. The lowest BCUT2D eigenvalue weighted by Crippen LogP contribution is -2.07. The predicted octanol–water partition coefficient (Wildman–Crippen LogP) is 4.47. The number of phenols is 1. The van der Waals surface area contributed by atoms with Crippen LogP contribution in [0.4, 0.5) is 5.82 Å². The van der Waals surface area contributed by atoms with E-state index < -0.39 is 0 Å². The summed E-state index contributed by atoms with van der Waals surface area (Å²) in [5.74, 6) is 1.93. The molecular formula is C19H23N3O. The van der Waals surface area contributed by atoms with E-state index in [9.17, 15) is 5.11 Å². The van der Waals surface area contributed by atoms with E-state index in [1.54, 1.807) is 12.1 Å². The second-order valence-electron chi connectivity index (χ2n) is 6.35. The average molecular weight is 309 g/mol. The zero-order valence-electron chi connectivity index (χ0n) is 13.9. The van der Waals surface area contributed by atoms with Crippen molar-refractivity contribution in [3.63, 3.8) is 0 Å². The van der Waals surface area contributed by atoms with Crippen molar-refractivity contribution in [2.75, 3.05) is 11.9 Å². The van der Waals surface area contributed by atoms with Crippen LogP contribution in [0.5, 0.6) is 5.75 Å². The Balaban J connectivity index is 2.07. The predicted molar refractivity (Wildman–Crippen MR) is 95.0 cm³/mol. The Morgan fingerprint density at radius 2 is 1.91 bits per heavy atom. The van der Waals surface area contributed by atoms with Gasteiger partial charge in [-0.05, 0) is 55.2 Å². The molecule has 0 saturated carbocycles. The number of aromatic hydroxyl groups is 1. The van der Waals surface area contributed by atoms with Gasteiger partial charge in [0.05, 0.1) is 0 Å². The van der Waals surface area contributed by atoms with Gasteiger partial charge in [0.2, 0.25) is 0 Å². The molecule has 2 aromatic heterocycles. The SMILES string of the molecule is Cc1cccn2c(NCCC(C)C)c(-c3ccc(O)cc3)nc12. The highest BCUT2D eigenvalue weighted by atomic mass is 16.3. The number of aromatic nitrogens is 2. The molecular weight excluding hydrogens is 286 g/mol. The molecule has 0 unspecified atom stereocenters. The number of aryl methyl sites for hydroxylation is 1. The Morgan fingerprint density at radius 1 is 1.17 bits per heavy atom. The fourth-order valence-electron chi connectivity index (χ4n) is 2.67. The number of anilines is 1. The lowest BCUT2D eigenvalue weighted by Gasteiger charge is -2.10. The van der Waals surface area contributed by atoms with Crippen LogP contribution in [0.3, 0.4) is 0 Å². The van der Waals surface area contributed by atoms with E-state index in [2.05, 4.69) is 36.6 Å². The summed E-state index contributed by atoms with van der Waals surface area (Å²) in [5.41, 5.74) is 4.02. The van der Waals surface area contributed by atoms with Gasteiger partial charge in [-0.1, -0.05) is 19.9 Å². The first kappa shape index (κ1) is 15.4. The summed E-state index contributed by atoms with van der Waals surface area (Å²) in [5, 5.41) is 13.1. The van der Waals surface area contributed by atoms with E-state index in [1.807, 2.05) is 24.4 Å². The molecule has 1 aromatic carbocycles. The van der Waals surface area contributed by atoms with Gasteiger partial charge in [0.15, 0.2) is 0 Å². The molecule has 0 radical (unpaired) electrons. The van der Waals surface area contributed by atoms with Crippen LogP contribution in [0.15, 0.2) is 42.6 Å². The summed E-state index contributed by atoms with van der Waals surface area (Å²) in [6.45, 7) is 7.42. The molecule has 2 N–H and O–H groups in total. The molecule has 2 heterocycles. The minimum absolute atomic E-state index is 0.267. The number of nitrogens with one attached hydrogen (secondary N) is 1. The summed E-state index contributed by atoms with van der Waals surface area (Å²) < 4.78 is 2.11. The Bertz CT molecular complexity index is 803. The molecule has 0 aliphatic heterocycles. The minimum atomic E-state index is 0.267. The van der Waals surface area contributed by atoms with E-state index in [-0.39, 0.29) is 5.75 Å². The van der Waals surface area contributed by atoms with Gasteiger partial charge in [-0.3, -0.25) is 4.40 Å². The van der Waals surface area contributed by atoms with E-state index in [0.29, 0.717) is 5.92 Å². The first-order valence-electron chi connectivity index (χ1n) is 8.07. The zero-order valence-corrected chi connectivity index (χ0v) is 13.9. The molecule has 0 bridgehead atoms. The van der Waals surface area contributed by atoms with Crippen LogP contribution in [0.25, 0.3) is 16.9 Å². The fourth-order valence-corrected chi connectivity index (χ4v) is 2.67. The lowest BCUT2D eigenvalue weighted by molar-refractivity contribution is 0.475. The maximum Gasteiger partial charge on any atom is 0.142 e. The van der Waals surface area contributed by atoms with Gasteiger partial charge >= 0.3 is 0 Å². The third-order valence-electron chi connectivity index (χ3n) is 4.00. The molecule has 4 nitrogen and oxygen atoms in total. The highest BCUT2D eigenvalue weighted by Gasteiger charge is 2.15. The van der Waals surface area contributed by atoms with Gasteiger partial charge in [-0.2, -0.15) is 0 Å². The molecule has 4 heteroatoms. The normalized spacial score (nSPS) is 11.3. The van der Waals surface area contributed by atoms with Crippen LogP contribution in [0.1, 0.15) is 25.8 Å². The summed E-state index contributed by atoms with van der Waals surface area (Å²) in [7, 11) is 0. The highest BCUT2D eigenvalue weighted by Crippen LogP contribution is 2.30. The molecule has 3 rings (SSSR count). The number of hydrogen-bond donors (Lipinski definition) is 2. The average Bonchev–Trinajstić information content (AvgIpc) is 2.88. The van der Waals surface area contributed by atoms with Crippen molar-refractivity contribution >= 4 is 11.5 Å². The van der Waals surface area contributed by atoms with Crippen LogP contribution >= 0.6 is 0 Å². The number of pyridine rings is 1. The summed E-state index contributed by atoms with van der Waals surface area (Å²) in [6, 6.07) is 11.3. The van der Waals surface area contributed by atoms with Crippen LogP contribution in [-0.2, 0) is 0 Å². The summed E-state index contributed by atoms with van der Waals surface area (Å²) in [6.07, 6.45) is 3.14. The molecule has 0 saturated heterocycles. The quantitative estimate of drug-likeness (QED) is 0.731. The highest BCUT2D eigenvalue weighted by molar-refractivity contribution is 5.77. The largest absolute Gasteiger partial charge is 0.508 e. The molecule has 0 aliphatic carbocycles. The number of rotatable bonds is 5. The second kappa shape index (κ2) is 6.32. The van der Waals surface area contributed by atoms with E-state index in [0.717, 1.165) is 41.3 Å². The van der Waals surface area contributed by atoms with Crippen molar-refractivity contribution in [1.82, 2.24) is 9.38 Å². The zero-order chi connectivity index (χ0) is 16.4. The third kappa shape index (κ3) is 3.16. The first-order valence-corrected chi connectivity index (χ1v) is 8.07. The van der Waals surface area contributed by atoms with Gasteiger partial charge in [-0.15, -0.1) is 0 Å². The Labute approximate surface area is 136 Å². The maximum atomic E-state index is 9.52. The molecule has 0 amide bonds. The second-order valence-corrected chi connectivity index (χ2v) is 6.35. The molecule has 23 heavy (non-hydrogen) atoms. The van der Waals surface area contributed by atoms with Crippen LogP contribution in [-0.4, -0.2) is 21.0 Å². The van der Waals surface area contributed by atoms with E-state index in [4.69, 9.17) is 4.98 Å². The van der Waals surface area contributed by atoms with Crippen molar-refractivity contribution in [1.29, 1.82) is 0 Å². The van der Waals surface area contributed by atoms with Gasteiger partial charge in [-0.25, -0.2) is 4.98 Å². The number of nitrogens with zero attached hydrogens (tertiary/aromatic N) is 2. The Kier molecular flexibility index (Phi) is 4.24. The minimum Gasteiger partial charge on any atom is -0.508 e. The number of imidazole rings is 1. The molecule has 0 atom stereocenters. The van der Waals surface area contributed by atoms with Crippen molar-refractivity contribution in [2.45, 2.75) is 27.2 Å². The van der Waals surface area contributed by atoms with Gasteiger partial charge in [0.25, 0.3) is 0 Å². The van der Waals surface area contributed by atoms with E-state index in [1.165, 1.54) is 0 Å². The van der Waals surface area contributed by atoms with Crippen LogP contribution in [0.2, 0.25) is 0 Å². The van der Waals surface area contributed by atoms with Crippen molar-refractivity contribution in [3.05, 3.63) is 48.2 Å². The smallest absolute Gasteiger partial charge is 0.142 e. The third-order valence-corrected chi connectivity index (χ3v) is 4.00. The van der Waals surface area contributed by atoms with Crippen molar-refractivity contribution in [2.24, 2.45) is 5.92 Å². The monoisotopic (exact) mass is 309 g/mol. The molecule has 0 spiro atoms. The van der Waals surface area contributed by atoms with E-state index >= 15 is 0 Å². The number of phenolic OH excluding ortho intramolecular Hbond substituents is 1. The van der Waals surface area contributed by atoms with Gasteiger partial charge in [0.1, 0.15) is 22.9 Å². The number of fused-ring (bicyclic) bond motifs is 1. The van der Waals surface area contributed by atoms with Crippen LogP contribution < -0.4 is 5.32 Å². The summed E-state index contributed by atoms with van der Waals surface area (Å²) in [4.78, 5) is 4.83. The molecule has 3 aromatic rings. The molecule has 0 aliphatic rings. The van der Waals surface area contributed by atoms with Gasteiger partial charge in [0, 0.05) is 18.3 Å². The maximum absolute atomic E-state index is 9.52. The standard InChI is InChI=1S/C19H23N3O/c1-13(2)10-11-20-19-17(15-6-8-16(23)9-7-15)21-18-14(3)5-4-12-22(18)19/h4-9,12-13,20,23H,10-11H2,1-3H3. The van der Waals surface area contributed by atoms with Crippen molar-refractivity contribution in [3.8, 4) is 17.0 Å². The first-order chi connectivity index (χ1) is 11.1. The Morgan fingerprint density at radius 3 is 2.61 bits per heavy atom. The molecule has 0 fully saturated rings. The Hall–Kier alpha value is -2.49. The van der Waals surface area contributed by atoms with Gasteiger partial charge < -0.3 is 10.4 Å². The lowest BCUT2D eigenvalue weighted by atomic mass is 10.1. The van der Waals surface area contributed by atoms with Crippen LogP contribution in [0, 0.1) is 12.8 Å². The molecule has 120 valence electrons. The number of hydrogen-bond acceptors (Lipinski definition) is 3.